The number of carbonyl (C=O) groups excluding carboxylic acids is 2. The van der Waals surface area contributed by atoms with Crippen LogP contribution in [-0.2, 0) is 14.3 Å². The molecule has 0 bridgehead atoms. The molecule has 0 aromatic rings. The number of nitrogens with one attached hydrogen (secondary N) is 1. The van der Waals surface area contributed by atoms with Crippen LogP contribution in [0.4, 0.5) is 0 Å². The Labute approximate surface area is 374 Å². The highest BCUT2D eigenvalue weighted by molar-refractivity contribution is 5.77. The number of esters is 1. The van der Waals surface area contributed by atoms with Gasteiger partial charge in [0, 0.05) is 6.42 Å². The van der Waals surface area contributed by atoms with Gasteiger partial charge in [0.15, 0.2) is 0 Å². The zero-order chi connectivity index (χ0) is 43.8. The molecule has 0 aromatic carbocycles. The van der Waals surface area contributed by atoms with E-state index in [-0.39, 0.29) is 24.9 Å². The van der Waals surface area contributed by atoms with Crippen molar-refractivity contribution in [2.45, 2.75) is 315 Å². The first-order valence-corrected chi connectivity index (χ1v) is 26.9. The average molecular weight is 848 g/mol. The highest BCUT2D eigenvalue weighted by atomic mass is 16.5. The number of aliphatic hydroxyl groups is 2. The zero-order valence-electron chi connectivity index (χ0n) is 40.6. The summed E-state index contributed by atoms with van der Waals surface area (Å²) in [6, 6.07) is -0.697. The molecule has 6 heteroatoms. The fourth-order valence-electron chi connectivity index (χ4n) is 8.49. The van der Waals surface area contributed by atoms with E-state index in [4.69, 9.17) is 4.74 Å². The zero-order valence-corrected chi connectivity index (χ0v) is 40.6. The van der Waals surface area contributed by atoms with Crippen LogP contribution in [0.5, 0.6) is 0 Å². The highest BCUT2D eigenvalue weighted by Gasteiger charge is 2.24. The molecule has 1 amide bonds. The van der Waals surface area contributed by atoms with Crippen molar-refractivity contribution in [2.24, 2.45) is 0 Å². The van der Waals surface area contributed by atoms with Crippen LogP contribution in [0.1, 0.15) is 297 Å². The molecule has 0 radical (unpaired) electrons. The van der Waals surface area contributed by atoms with Crippen molar-refractivity contribution in [3.05, 3.63) is 12.2 Å². The molecule has 0 saturated heterocycles. The van der Waals surface area contributed by atoms with E-state index < -0.39 is 18.2 Å². The molecule has 0 aromatic heterocycles. The first kappa shape index (κ1) is 58.6. The Morgan fingerprint density at radius 1 is 0.467 bits per heavy atom. The monoisotopic (exact) mass is 848 g/mol. The summed E-state index contributed by atoms with van der Waals surface area (Å²) in [5.41, 5.74) is 0. The second-order valence-corrected chi connectivity index (χ2v) is 18.6. The smallest absolute Gasteiger partial charge is 0.306 e. The van der Waals surface area contributed by atoms with Crippen molar-refractivity contribution in [2.75, 3.05) is 6.61 Å². The van der Waals surface area contributed by atoms with E-state index in [1.165, 1.54) is 199 Å². The number of aliphatic hydroxyl groups excluding tert-OH is 2. The molecule has 0 aliphatic carbocycles. The molecular formula is C54H105NO5. The molecule has 356 valence electrons. The van der Waals surface area contributed by atoms with Gasteiger partial charge in [0.05, 0.1) is 25.2 Å². The standard InChI is InChI=1S/C54H105NO5/c1-4-7-10-13-16-19-22-25-28-31-34-37-40-43-46-52(57)51(49-56)55-53(58)48-50(45-42-39-36-33-30-27-24-21-18-15-12-9-6-3)60-54(59)47-44-41-38-35-32-29-26-23-20-17-14-11-8-5-2/h29,32,50-52,56-57H,4-28,30-31,33-49H2,1-3H3,(H,55,58)/b32-29-. The molecule has 0 aliphatic rings. The van der Waals surface area contributed by atoms with E-state index in [2.05, 4.69) is 38.2 Å². The molecule has 3 N–H and O–H groups in total. The molecule has 6 nitrogen and oxygen atoms in total. The molecule has 0 saturated carbocycles. The molecular weight excluding hydrogens is 743 g/mol. The first-order chi connectivity index (χ1) is 29.5. The van der Waals surface area contributed by atoms with Crippen LogP contribution >= 0.6 is 0 Å². The van der Waals surface area contributed by atoms with Gasteiger partial charge in [-0.3, -0.25) is 9.59 Å². The fraction of sp³-hybridized carbons (Fsp3) is 0.926. The van der Waals surface area contributed by atoms with E-state index in [1.54, 1.807) is 0 Å². The average Bonchev–Trinajstić information content (AvgIpc) is 3.24. The third-order valence-electron chi connectivity index (χ3n) is 12.6. The van der Waals surface area contributed by atoms with Gasteiger partial charge in [-0.15, -0.1) is 0 Å². The molecule has 60 heavy (non-hydrogen) atoms. The van der Waals surface area contributed by atoms with Gasteiger partial charge in [-0.05, 0) is 51.4 Å². The second-order valence-electron chi connectivity index (χ2n) is 18.6. The summed E-state index contributed by atoms with van der Waals surface area (Å²) in [4.78, 5) is 26.1. The van der Waals surface area contributed by atoms with Gasteiger partial charge >= 0.3 is 5.97 Å². The van der Waals surface area contributed by atoms with Crippen molar-refractivity contribution in [1.82, 2.24) is 5.32 Å². The minimum Gasteiger partial charge on any atom is -0.462 e. The predicted molar refractivity (Wildman–Crippen MR) is 260 cm³/mol. The van der Waals surface area contributed by atoms with E-state index in [0.29, 0.717) is 19.3 Å². The molecule has 3 unspecified atom stereocenters. The summed E-state index contributed by atoms with van der Waals surface area (Å²) in [7, 11) is 0. The Balaban J connectivity index is 4.53. The lowest BCUT2D eigenvalue weighted by atomic mass is 10.0. The fourth-order valence-corrected chi connectivity index (χ4v) is 8.49. The Morgan fingerprint density at radius 3 is 1.18 bits per heavy atom. The van der Waals surface area contributed by atoms with Gasteiger partial charge < -0.3 is 20.3 Å². The van der Waals surface area contributed by atoms with E-state index in [9.17, 15) is 19.8 Å². The van der Waals surface area contributed by atoms with Crippen molar-refractivity contribution >= 4 is 11.9 Å². The largest absolute Gasteiger partial charge is 0.462 e. The Bertz CT molecular complexity index is 909. The lowest BCUT2D eigenvalue weighted by Crippen LogP contribution is -2.46. The Hall–Kier alpha value is -1.40. The quantitative estimate of drug-likeness (QED) is 0.0322. The second kappa shape index (κ2) is 48.6. The van der Waals surface area contributed by atoms with Gasteiger partial charge in [0.2, 0.25) is 5.91 Å². The molecule has 0 aliphatic heterocycles. The maximum Gasteiger partial charge on any atom is 0.306 e. The van der Waals surface area contributed by atoms with Crippen LogP contribution in [0.25, 0.3) is 0 Å². The van der Waals surface area contributed by atoms with Gasteiger partial charge in [-0.1, -0.05) is 245 Å². The number of amides is 1. The van der Waals surface area contributed by atoms with E-state index in [0.717, 1.165) is 51.4 Å². The number of unbranched alkanes of at least 4 members (excludes halogenated alkanes) is 35. The summed E-state index contributed by atoms with van der Waals surface area (Å²) < 4.78 is 5.94. The van der Waals surface area contributed by atoms with Crippen molar-refractivity contribution in [3.8, 4) is 0 Å². The SMILES string of the molecule is CCCCCCCCC/C=C\CCCCCC(=O)OC(CCCCCCCCCCCCCCC)CC(=O)NC(CO)C(O)CCCCCCCCCCCCCCCC. The van der Waals surface area contributed by atoms with Crippen LogP contribution < -0.4 is 5.32 Å². The van der Waals surface area contributed by atoms with Crippen molar-refractivity contribution < 1.29 is 24.5 Å². The molecule has 0 rings (SSSR count). The van der Waals surface area contributed by atoms with Crippen LogP contribution in [0, 0.1) is 0 Å². The number of hydrogen-bond acceptors (Lipinski definition) is 5. The van der Waals surface area contributed by atoms with Gasteiger partial charge in [0.25, 0.3) is 0 Å². The predicted octanol–water partition coefficient (Wildman–Crippen LogP) is 16.1. The van der Waals surface area contributed by atoms with Crippen LogP contribution in [0.15, 0.2) is 12.2 Å². The summed E-state index contributed by atoms with van der Waals surface area (Å²) in [5, 5.41) is 23.8. The lowest BCUT2D eigenvalue weighted by molar-refractivity contribution is -0.151. The number of allylic oxidation sites excluding steroid dienone is 2. The Morgan fingerprint density at radius 2 is 0.800 bits per heavy atom. The van der Waals surface area contributed by atoms with Gasteiger partial charge in [0.1, 0.15) is 6.10 Å². The van der Waals surface area contributed by atoms with E-state index >= 15 is 0 Å². The van der Waals surface area contributed by atoms with Crippen LogP contribution in [0.2, 0.25) is 0 Å². The minimum absolute atomic E-state index is 0.0790. The summed E-state index contributed by atoms with van der Waals surface area (Å²) >= 11 is 0. The lowest BCUT2D eigenvalue weighted by Gasteiger charge is -2.24. The molecule has 0 fully saturated rings. The van der Waals surface area contributed by atoms with Gasteiger partial charge in [-0.25, -0.2) is 0 Å². The molecule has 0 spiro atoms. The first-order valence-electron chi connectivity index (χ1n) is 26.9. The maximum absolute atomic E-state index is 13.2. The van der Waals surface area contributed by atoms with Crippen molar-refractivity contribution in [1.29, 1.82) is 0 Å². The molecule has 3 atom stereocenters. The van der Waals surface area contributed by atoms with Crippen molar-refractivity contribution in [3.63, 3.8) is 0 Å². The number of hydrogen-bond donors (Lipinski definition) is 3. The van der Waals surface area contributed by atoms with E-state index in [1.807, 2.05) is 0 Å². The summed E-state index contributed by atoms with van der Waals surface area (Å²) in [6.07, 6.45) is 54.1. The minimum atomic E-state index is -0.784. The Kier molecular flexibility index (Phi) is 47.5. The van der Waals surface area contributed by atoms with Crippen LogP contribution in [-0.4, -0.2) is 46.9 Å². The molecule has 0 heterocycles. The normalized spacial score (nSPS) is 13.2. The van der Waals surface area contributed by atoms with Crippen LogP contribution in [0.3, 0.4) is 0 Å². The third kappa shape index (κ3) is 43.3. The topological polar surface area (TPSA) is 95.9 Å². The summed E-state index contributed by atoms with van der Waals surface area (Å²) in [5.74, 6) is -0.474. The maximum atomic E-state index is 13.2. The van der Waals surface area contributed by atoms with Gasteiger partial charge in [-0.2, -0.15) is 0 Å². The summed E-state index contributed by atoms with van der Waals surface area (Å²) in [6.45, 7) is 6.50. The number of rotatable bonds is 49. The number of ether oxygens (including phenoxy) is 1. The highest BCUT2D eigenvalue weighted by Crippen LogP contribution is 2.18. The number of carbonyl (C=O) groups is 2. The third-order valence-corrected chi connectivity index (χ3v) is 12.6.